The van der Waals surface area contributed by atoms with Crippen molar-refractivity contribution in [2.45, 2.75) is 52.1 Å². The predicted molar refractivity (Wildman–Crippen MR) is 97.5 cm³/mol. The molecule has 0 aromatic heterocycles. The number of carbonyl (C=O) groups excluding carboxylic acids is 2. The zero-order chi connectivity index (χ0) is 17.8. The number of hydrogen-bond donors (Lipinski definition) is 1. The topological polar surface area (TPSA) is 58.6 Å². The van der Waals surface area contributed by atoms with E-state index in [0.29, 0.717) is 19.5 Å². The van der Waals surface area contributed by atoms with E-state index in [9.17, 15) is 9.59 Å². The SMILES string of the molecule is CCc1cccc(CC)c1NC(=O)C1CC(=O)N(CC2CCCO2)C1. The predicted octanol–water partition coefficient (Wildman–Crippen LogP) is 2.78. The summed E-state index contributed by atoms with van der Waals surface area (Å²) in [5.41, 5.74) is 3.23. The van der Waals surface area contributed by atoms with Crippen molar-refractivity contribution in [2.24, 2.45) is 5.92 Å². The van der Waals surface area contributed by atoms with Gasteiger partial charge in [-0.25, -0.2) is 0 Å². The molecule has 2 amide bonds. The molecule has 2 heterocycles. The first kappa shape index (κ1) is 17.9. The zero-order valence-electron chi connectivity index (χ0n) is 15.2. The Morgan fingerprint density at radius 3 is 2.60 bits per heavy atom. The van der Waals surface area contributed by atoms with Gasteiger partial charge in [-0.3, -0.25) is 9.59 Å². The highest BCUT2D eigenvalue weighted by molar-refractivity contribution is 5.98. The number of likely N-dealkylation sites (tertiary alicyclic amines) is 1. The first-order valence-corrected chi connectivity index (χ1v) is 9.43. The minimum absolute atomic E-state index is 0.0428. The summed E-state index contributed by atoms with van der Waals surface area (Å²) >= 11 is 0. The number of hydrogen-bond acceptors (Lipinski definition) is 3. The molecule has 2 atom stereocenters. The summed E-state index contributed by atoms with van der Waals surface area (Å²) in [4.78, 5) is 26.8. The third-order valence-corrected chi connectivity index (χ3v) is 5.28. The molecule has 0 aliphatic carbocycles. The van der Waals surface area contributed by atoms with Gasteiger partial charge in [0.15, 0.2) is 0 Å². The lowest BCUT2D eigenvalue weighted by molar-refractivity contribution is -0.129. The lowest BCUT2D eigenvalue weighted by Crippen LogP contribution is -2.34. The van der Waals surface area contributed by atoms with Crippen molar-refractivity contribution >= 4 is 17.5 Å². The minimum atomic E-state index is -0.275. The van der Waals surface area contributed by atoms with Gasteiger partial charge in [-0.15, -0.1) is 0 Å². The Kier molecular flexibility index (Phi) is 5.74. The van der Waals surface area contributed by atoms with E-state index in [1.54, 1.807) is 4.90 Å². The number of rotatable bonds is 6. The van der Waals surface area contributed by atoms with Gasteiger partial charge in [-0.2, -0.15) is 0 Å². The molecule has 1 aromatic carbocycles. The lowest BCUT2D eigenvalue weighted by Gasteiger charge is -2.21. The highest BCUT2D eigenvalue weighted by atomic mass is 16.5. The van der Waals surface area contributed by atoms with Crippen molar-refractivity contribution in [2.75, 3.05) is 25.0 Å². The van der Waals surface area contributed by atoms with Crippen LogP contribution in [0.25, 0.3) is 0 Å². The number of amides is 2. The van der Waals surface area contributed by atoms with Gasteiger partial charge in [0.1, 0.15) is 0 Å². The van der Waals surface area contributed by atoms with Gasteiger partial charge in [-0.1, -0.05) is 32.0 Å². The highest BCUT2D eigenvalue weighted by Crippen LogP contribution is 2.26. The standard InChI is InChI=1S/C20H28N2O3/c1-3-14-7-5-8-15(4-2)19(14)21-20(24)16-11-18(23)22(12-16)13-17-9-6-10-25-17/h5,7-8,16-17H,3-4,6,9-13H2,1-2H3,(H,21,24). The van der Waals surface area contributed by atoms with Gasteiger partial charge in [-0.05, 0) is 36.8 Å². The molecule has 0 spiro atoms. The van der Waals surface area contributed by atoms with Crippen molar-refractivity contribution in [1.29, 1.82) is 0 Å². The van der Waals surface area contributed by atoms with E-state index in [-0.39, 0.29) is 23.8 Å². The monoisotopic (exact) mass is 344 g/mol. The van der Waals surface area contributed by atoms with E-state index in [2.05, 4.69) is 31.3 Å². The summed E-state index contributed by atoms with van der Waals surface area (Å²) < 4.78 is 5.62. The fourth-order valence-electron chi connectivity index (χ4n) is 3.79. The number of nitrogens with one attached hydrogen (secondary N) is 1. The molecule has 5 nitrogen and oxygen atoms in total. The van der Waals surface area contributed by atoms with Crippen molar-refractivity contribution < 1.29 is 14.3 Å². The maximum atomic E-state index is 12.8. The Balaban J connectivity index is 1.65. The van der Waals surface area contributed by atoms with Crippen molar-refractivity contribution in [1.82, 2.24) is 4.90 Å². The summed E-state index contributed by atoms with van der Waals surface area (Å²) in [5.74, 6) is -0.252. The van der Waals surface area contributed by atoms with E-state index in [4.69, 9.17) is 4.74 Å². The van der Waals surface area contributed by atoms with Crippen LogP contribution in [0.2, 0.25) is 0 Å². The molecule has 2 unspecified atom stereocenters. The van der Waals surface area contributed by atoms with Crippen LogP contribution in [-0.2, 0) is 27.2 Å². The average molecular weight is 344 g/mol. The van der Waals surface area contributed by atoms with E-state index in [1.165, 1.54) is 0 Å². The van der Waals surface area contributed by atoms with Crippen molar-refractivity contribution in [3.05, 3.63) is 29.3 Å². The third-order valence-electron chi connectivity index (χ3n) is 5.28. The van der Waals surface area contributed by atoms with Gasteiger partial charge < -0.3 is 15.0 Å². The molecule has 2 aliphatic rings. The van der Waals surface area contributed by atoms with Gasteiger partial charge in [0.05, 0.1) is 12.0 Å². The maximum Gasteiger partial charge on any atom is 0.229 e. The second-order valence-corrected chi connectivity index (χ2v) is 6.98. The highest BCUT2D eigenvalue weighted by Gasteiger charge is 2.36. The second kappa shape index (κ2) is 8.00. The number of benzene rings is 1. The van der Waals surface area contributed by atoms with Crippen LogP contribution in [0.4, 0.5) is 5.69 Å². The van der Waals surface area contributed by atoms with Crippen LogP contribution in [0.3, 0.4) is 0 Å². The first-order valence-electron chi connectivity index (χ1n) is 9.43. The van der Waals surface area contributed by atoms with Gasteiger partial charge in [0.2, 0.25) is 11.8 Å². The van der Waals surface area contributed by atoms with E-state index in [1.807, 2.05) is 6.07 Å². The summed E-state index contributed by atoms with van der Waals surface area (Å²) in [6, 6.07) is 6.15. The molecular formula is C20H28N2O3. The number of ether oxygens (including phenoxy) is 1. The third kappa shape index (κ3) is 4.03. The molecule has 136 valence electrons. The van der Waals surface area contributed by atoms with Crippen LogP contribution in [0.5, 0.6) is 0 Å². The average Bonchev–Trinajstić information content (AvgIpc) is 3.25. The maximum absolute atomic E-state index is 12.8. The summed E-state index contributed by atoms with van der Waals surface area (Å²) in [6.45, 7) is 6.08. The molecule has 2 aliphatic heterocycles. The van der Waals surface area contributed by atoms with Crippen molar-refractivity contribution in [3.63, 3.8) is 0 Å². The summed E-state index contributed by atoms with van der Waals surface area (Å²) in [5, 5.41) is 3.11. The molecule has 1 aromatic rings. The molecule has 0 saturated carbocycles. The smallest absolute Gasteiger partial charge is 0.229 e. The zero-order valence-corrected chi connectivity index (χ0v) is 15.2. The van der Waals surface area contributed by atoms with Crippen LogP contribution in [0.15, 0.2) is 18.2 Å². The van der Waals surface area contributed by atoms with Crippen LogP contribution < -0.4 is 5.32 Å². The molecule has 5 heteroatoms. The molecule has 2 fully saturated rings. The number of aryl methyl sites for hydroxylation is 2. The fraction of sp³-hybridized carbons (Fsp3) is 0.600. The lowest BCUT2D eigenvalue weighted by atomic mass is 10.0. The Labute approximate surface area is 149 Å². The first-order chi connectivity index (χ1) is 12.1. The summed E-state index contributed by atoms with van der Waals surface area (Å²) in [7, 11) is 0. The Morgan fingerprint density at radius 2 is 2.00 bits per heavy atom. The van der Waals surface area contributed by atoms with Gasteiger partial charge in [0.25, 0.3) is 0 Å². The number of anilines is 1. The largest absolute Gasteiger partial charge is 0.376 e. The number of carbonyl (C=O) groups is 2. The van der Waals surface area contributed by atoms with E-state index >= 15 is 0 Å². The van der Waals surface area contributed by atoms with E-state index < -0.39 is 0 Å². The van der Waals surface area contributed by atoms with Crippen LogP contribution in [0.1, 0.15) is 44.2 Å². The Hall–Kier alpha value is -1.88. The number of nitrogens with zero attached hydrogens (tertiary/aromatic N) is 1. The Bertz CT molecular complexity index is 616. The minimum Gasteiger partial charge on any atom is -0.376 e. The van der Waals surface area contributed by atoms with Gasteiger partial charge in [0, 0.05) is 31.8 Å². The molecule has 0 radical (unpaired) electrons. The summed E-state index contributed by atoms with van der Waals surface area (Å²) in [6.07, 6.45) is 4.25. The molecular weight excluding hydrogens is 316 g/mol. The molecule has 25 heavy (non-hydrogen) atoms. The normalized spacial score (nSPS) is 23.3. The second-order valence-electron chi connectivity index (χ2n) is 6.98. The van der Waals surface area contributed by atoms with Crippen LogP contribution >= 0.6 is 0 Å². The molecule has 3 rings (SSSR count). The van der Waals surface area contributed by atoms with Crippen molar-refractivity contribution in [3.8, 4) is 0 Å². The quantitative estimate of drug-likeness (QED) is 0.863. The molecule has 1 N–H and O–H groups in total. The van der Waals surface area contributed by atoms with Crippen LogP contribution in [0, 0.1) is 5.92 Å². The fourth-order valence-corrected chi connectivity index (χ4v) is 3.79. The van der Waals surface area contributed by atoms with Crippen LogP contribution in [-0.4, -0.2) is 42.5 Å². The number of para-hydroxylation sites is 1. The van der Waals surface area contributed by atoms with E-state index in [0.717, 1.165) is 49.1 Å². The molecule has 2 saturated heterocycles. The Morgan fingerprint density at radius 1 is 1.28 bits per heavy atom. The van der Waals surface area contributed by atoms with Gasteiger partial charge >= 0.3 is 0 Å². The molecule has 0 bridgehead atoms.